The molecule has 0 bridgehead atoms. The fourth-order valence-corrected chi connectivity index (χ4v) is 4.96. The van der Waals surface area contributed by atoms with E-state index >= 15 is 0 Å². The molecule has 2 aromatic carbocycles. The molecular formula is C27H39NO6Si. The first-order valence-electron chi connectivity index (χ1n) is 12.2. The third-order valence-electron chi connectivity index (χ3n) is 6.20. The van der Waals surface area contributed by atoms with E-state index in [1.54, 1.807) is 0 Å². The molecule has 0 spiro atoms. The van der Waals surface area contributed by atoms with E-state index in [0.29, 0.717) is 13.2 Å². The second-order valence-electron chi connectivity index (χ2n) is 10.5. The zero-order valence-corrected chi connectivity index (χ0v) is 22.1. The minimum Gasteiger partial charge on any atom is -0.387 e. The smallest absolute Gasteiger partial charge is 0.217 e. The van der Waals surface area contributed by atoms with Gasteiger partial charge in [-0.05, 0) is 17.2 Å². The molecule has 0 unspecified atom stereocenters. The SMILES string of the molecule is CC(=O)N[C@H]1[C@H](OCC[Si](C)(C)C)O[C@H](COCc2ccccc2)[C@H](O)[C@@]1(O)Cc1ccccc1. The molecule has 2 aromatic rings. The van der Waals surface area contributed by atoms with Crippen LogP contribution in [0.25, 0.3) is 0 Å². The third kappa shape index (κ3) is 7.96. The van der Waals surface area contributed by atoms with Crippen LogP contribution in [0.3, 0.4) is 0 Å². The minimum atomic E-state index is -1.73. The Hall–Kier alpha value is -2.07. The molecule has 1 saturated heterocycles. The van der Waals surface area contributed by atoms with E-state index in [9.17, 15) is 15.0 Å². The highest BCUT2D eigenvalue weighted by Gasteiger charge is 2.56. The maximum Gasteiger partial charge on any atom is 0.217 e. The van der Waals surface area contributed by atoms with Crippen molar-refractivity contribution in [2.45, 2.75) is 75.8 Å². The van der Waals surface area contributed by atoms with Gasteiger partial charge in [-0.25, -0.2) is 0 Å². The maximum absolute atomic E-state index is 12.1. The largest absolute Gasteiger partial charge is 0.387 e. The monoisotopic (exact) mass is 501 g/mol. The lowest BCUT2D eigenvalue weighted by Crippen LogP contribution is -2.73. The van der Waals surface area contributed by atoms with Crippen molar-refractivity contribution in [1.82, 2.24) is 5.32 Å². The lowest BCUT2D eigenvalue weighted by Gasteiger charge is -2.50. The van der Waals surface area contributed by atoms with Crippen LogP contribution in [0.2, 0.25) is 25.7 Å². The van der Waals surface area contributed by atoms with Gasteiger partial charge in [-0.2, -0.15) is 0 Å². The Kier molecular flexibility index (Phi) is 9.63. The number of benzene rings is 2. The van der Waals surface area contributed by atoms with Crippen LogP contribution in [0.15, 0.2) is 60.7 Å². The summed E-state index contributed by atoms with van der Waals surface area (Å²) in [6.45, 7) is 8.97. The van der Waals surface area contributed by atoms with Crippen molar-refractivity contribution in [2.24, 2.45) is 0 Å². The summed E-state index contributed by atoms with van der Waals surface area (Å²) in [7, 11) is -1.39. The number of ether oxygens (including phenoxy) is 3. The van der Waals surface area contributed by atoms with E-state index in [1.807, 2.05) is 60.7 Å². The third-order valence-corrected chi connectivity index (χ3v) is 7.90. The average molecular weight is 502 g/mol. The van der Waals surface area contributed by atoms with Crippen molar-refractivity contribution in [3.05, 3.63) is 71.8 Å². The molecular weight excluding hydrogens is 462 g/mol. The Labute approximate surface area is 209 Å². The van der Waals surface area contributed by atoms with Crippen LogP contribution in [-0.2, 0) is 32.0 Å². The van der Waals surface area contributed by atoms with E-state index < -0.39 is 38.2 Å². The zero-order valence-electron chi connectivity index (χ0n) is 21.1. The fourth-order valence-electron chi connectivity index (χ4n) is 4.23. The number of aliphatic hydroxyl groups is 2. The summed E-state index contributed by atoms with van der Waals surface area (Å²) < 4.78 is 18.1. The number of rotatable bonds is 11. The second-order valence-corrected chi connectivity index (χ2v) is 16.1. The molecule has 192 valence electrons. The number of amides is 1. The predicted molar refractivity (Wildman–Crippen MR) is 138 cm³/mol. The standard InChI is InChI=1S/C27H39NO6Si/c1-20(29)28-24-26(33-15-16-35(2,3)4)34-23(19-32-18-22-13-9-6-10-14-22)25(30)27(24,31)17-21-11-7-5-8-12-21/h5-14,23-26,30-31H,15-19H2,1-4H3,(H,28,29)/t23-,24+,25+,26-,27-/m1/s1. The Morgan fingerprint density at radius 2 is 1.66 bits per heavy atom. The van der Waals surface area contributed by atoms with Gasteiger partial charge in [-0.3, -0.25) is 4.79 Å². The van der Waals surface area contributed by atoms with Gasteiger partial charge in [0.15, 0.2) is 6.29 Å². The summed E-state index contributed by atoms with van der Waals surface area (Å²) in [6, 6.07) is 19.1. The highest BCUT2D eigenvalue weighted by Crippen LogP contribution is 2.34. The molecule has 1 aliphatic heterocycles. The predicted octanol–water partition coefficient (Wildman–Crippen LogP) is 3.12. The molecule has 35 heavy (non-hydrogen) atoms. The molecule has 1 aliphatic rings. The van der Waals surface area contributed by atoms with Crippen molar-refractivity contribution < 1.29 is 29.2 Å². The molecule has 0 saturated carbocycles. The summed E-state index contributed by atoms with van der Waals surface area (Å²) in [5.41, 5.74) is 0.100. The topological polar surface area (TPSA) is 97.3 Å². The van der Waals surface area contributed by atoms with Crippen LogP contribution < -0.4 is 5.32 Å². The number of aliphatic hydroxyl groups excluding tert-OH is 1. The van der Waals surface area contributed by atoms with E-state index in [-0.39, 0.29) is 18.9 Å². The van der Waals surface area contributed by atoms with Crippen molar-refractivity contribution in [2.75, 3.05) is 13.2 Å². The van der Waals surface area contributed by atoms with Gasteiger partial charge >= 0.3 is 0 Å². The molecule has 1 fully saturated rings. The molecule has 1 heterocycles. The summed E-state index contributed by atoms with van der Waals surface area (Å²) in [4.78, 5) is 12.1. The molecule has 3 rings (SSSR count). The van der Waals surface area contributed by atoms with Crippen LogP contribution in [0.5, 0.6) is 0 Å². The minimum absolute atomic E-state index is 0.0633. The van der Waals surface area contributed by atoms with Crippen LogP contribution in [0.4, 0.5) is 0 Å². The first-order chi connectivity index (χ1) is 16.6. The summed E-state index contributed by atoms with van der Waals surface area (Å²) >= 11 is 0. The van der Waals surface area contributed by atoms with Crippen molar-refractivity contribution in [3.8, 4) is 0 Å². The van der Waals surface area contributed by atoms with Crippen molar-refractivity contribution in [3.63, 3.8) is 0 Å². The molecule has 3 N–H and O–H groups in total. The molecule has 0 aliphatic carbocycles. The quantitative estimate of drug-likeness (QED) is 0.410. The number of carbonyl (C=O) groups excluding carboxylic acids is 1. The molecule has 5 atom stereocenters. The molecule has 0 aromatic heterocycles. The van der Waals surface area contributed by atoms with E-state index in [4.69, 9.17) is 14.2 Å². The van der Waals surface area contributed by atoms with Crippen LogP contribution in [0.1, 0.15) is 18.1 Å². The molecule has 0 radical (unpaired) electrons. The number of nitrogens with one attached hydrogen (secondary N) is 1. The van der Waals surface area contributed by atoms with Gasteiger partial charge in [0.2, 0.25) is 5.91 Å². The number of hydrogen-bond acceptors (Lipinski definition) is 6. The Bertz CT molecular complexity index is 922. The van der Waals surface area contributed by atoms with E-state index in [1.165, 1.54) is 6.92 Å². The van der Waals surface area contributed by atoms with Gasteiger partial charge in [0.25, 0.3) is 0 Å². The summed E-state index contributed by atoms with van der Waals surface area (Å²) in [5, 5.41) is 26.1. The van der Waals surface area contributed by atoms with Gasteiger partial charge in [0.05, 0.1) is 13.2 Å². The average Bonchev–Trinajstić information content (AvgIpc) is 2.80. The van der Waals surface area contributed by atoms with Crippen molar-refractivity contribution >= 4 is 14.0 Å². The first kappa shape index (κ1) is 27.5. The van der Waals surface area contributed by atoms with Crippen LogP contribution in [-0.4, -0.2) is 67.5 Å². The first-order valence-corrected chi connectivity index (χ1v) is 15.9. The Morgan fingerprint density at radius 1 is 1.06 bits per heavy atom. The Morgan fingerprint density at radius 3 is 2.23 bits per heavy atom. The fraction of sp³-hybridized carbons (Fsp3) is 0.519. The van der Waals surface area contributed by atoms with Crippen molar-refractivity contribution in [1.29, 1.82) is 0 Å². The van der Waals surface area contributed by atoms with Gasteiger partial charge < -0.3 is 29.7 Å². The highest BCUT2D eigenvalue weighted by molar-refractivity contribution is 6.76. The molecule has 7 nitrogen and oxygen atoms in total. The van der Waals surface area contributed by atoms with Crippen LogP contribution in [0, 0.1) is 0 Å². The van der Waals surface area contributed by atoms with E-state index in [2.05, 4.69) is 25.0 Å². The van der Waals surface area contributed by atoms with Gasteiger partial charge in [-0.1, -0.05) is 80.3 Å². The number of carbonyl (C=O) groups is 1. The molecule has 8 heteroatoms. The summed E-state index contributed by atoms with van der Waals surface area (Å²) in [5.74, 6) is -0.338. The summed E-state index contributed by atoms with van der Waals surface area (Å²) in [6.07, 6.45) is -2.97. The van der Waals surface area contributed by atoms with Gasteiger partial charge in [0, 0.05) is 28.0 Å². The normalized spacial score (nSPS) is 26.9. The lowest BCUT2D eigenvalue weighted by molar-refractivity contribution is -0.301. The van der Waals surface area contributed by atoms with Gasteiger partial charge in [-0.15, -0.1) is 0 Å². The van der Waals surface area contributed by atoms with E-state index in [0.717, 1.165) is 17.2 Å². The van der Waals surface area contributed by atoms with Crippen LogP contribution >= 0.6 is 0 Å². The number of hydrogen-bond donors (Lipinski definition) is 3. The van der Waals surface area contributed by atoms with Gasteiger partial charge in [0.1, 0.15) is 23.9 Å². The highest BCUT2D eigenvalue weighted by atomic mass is 28.3. The lowest BCUT2D eigenvalue weighted by atomic mass is 9.77. The molecule has 1 amide bonds. The maximum atomic E-state index is 12.1. The Balaban J connectivity index is 1.83. The second kappa shape index (κ2) is 12.3. The zero-order chi connectivity index (χ0) is 25.5.